The molecule has 0 radical (unpaired) electrons. The maximum atomic E-state index is 8.67. The molecule has 0 aromatic rings. The van der Waals surface area contributed by atoms with Gasteiger partial charge >= 0.3 is 0 Å². The molecule has 0 bridgehead atoms. The van der Waals surface area contributed by atoms with Crippen molar-refractivity contribution in [1.29, 1.82) is 0 Å². The molecule has 1 nitrogen and oxygen atoms in total. The third-order valence-electron chi connectivity index (χ3n) is 1.75. The first-order valence-electron chi connectivity index (χ1n) is 3.09. The van der Waals surface area contributed by atoms with Crippen LogP contribution in [-0.4, -0.2) is 11.7 Å². The molecule has 100 valence electrons. The Morgan fingerprint density at radius 1 is 0.867 bits per heavy atom. The number of hydrogen-bond acceptors (Lipinski definition) is 1. The summed E-state index contributed by atoms with van der Waals surface area (Å²) in [4.78, 5) is 0. The Morgan fingerprint density at radius 2 is 1.07 bits per heavy atom. The van der Waals surface area contributed by atoms with Crippen molar-refractivity contribution in [3.63, 3.8) is 0 Å². The second-order valence-electron chi connectivity index (χ2n) is 3.45. The van der Waals surface area contributed by atoms with Gasteiger partial charge in [-0.2, -0.15) is 0 Å². The molecule has 0 aliphatic heterocycles. The van der Waals surface area contributed by atoms with Crippen LogP contribution in [0, 0.1) is 11.3 Å². The van der Waals surface area contributed by atoms with Crippen molar-refractivity contribution in [1.82, 2.24) is 0 Å². The van der Waals surface area contributed by atoms with E-state index in [1.807, 2.05) is 0 Å². The maximum absolute atomic E-state index is 8.67. The van der Waals surface area contributed by atoms with Gasteiger partial charge in [-0.15, -0.1) is 0 Å². The fraction of sp³-hybridized carbons (Fsp3) is 1.00. The zero-order valence-electron chi connectivity index (χ0n) is 6.94. The molecule has 0 fully saturated rings. The molecule has 0 heterocycles. The van der Waals surface area contributed by atoms with E-state index in [0.29, 0.717) is 12.5 Å². The van der Waals surface area contributed by atoms with E-state index in [9.17, 15) is 0 Å². The summed E-state index contributed by atoms with van der Waals surface area (Å²) in [5.74, 6) is 0.405. The van der Waals surface area contributed by atoms with Crippen molar-refractivity contribution in [2.75, 3.05) is 6.61 Å². The molecule has 0 aromatic carbocycles. The second kappa shape index (κ2) is 23.1. The largest absolute Gasteiger partial charge is 0.396 e. The SMILES string of the molecule is C.C.C.C.C.C.CC(CO)C(C)(C)C.[Rf]. The molecule has 1 N–H and O–H groups in total. The van der Waals surface area contributed by atoms with Crippen LogP contribution in [0.15, 0.2) is 0 Å². The summed E-state index contributed by atoms with van der Waals surface area (Å²) >= 11 is 0. The van der Waals surface area contributed by atoms with E-state index in [-0.39, 0.29) is 50.0 Å². The summed E-state index contributed by atoms with van der Waals surface area (Å²) in [6.07, 6.45) is 0. The van der Waals surface area contributed by atoms with Crippen LogP contribution < -0.4 is 0 Å². The molecule has 0 aliphatic carbocycles. The molecular formula is C13H40ORf. The van der Waals surface area contributed by atoms with Crippen LogP contribution in [0.25, 0.3) is 0 Å². The Hall–Kier alpha value is -1.04. The van der Waals surface area contributed by atoms with Gasteiger partial charge in [-0.25, -0.2) is 0 Å². The van der Waals surface area contributed by atoms with E-state index in [4.69, 9.17) is 5.11 Å². The van der Waals surface area contributed by atoms with Crippen LogP contribution in [0.3, 0.4) is 0 Å². The summed E-state index contributed by atoms with van der Waals surface area (Å²) < 4.78 is 0. The van der Waals surface area contributed by atoms with E-state index < -0.39 is 0 Å². The van der Waals surface area contributed by atoms with Gasteiger partial charge in [0.25, 0.3) is 0 Å². The Kier molecular flexibility index (Phi) is 102. The van der Waals surface area contributed by atoms with Crippen LogP contribution in [0.4, 0.5) is 0 Å². The van der Waals surface area contributed by atoms with Gasteiger partial charge in [-0.05, 0) is 11.3 Å². The van der Waals surface area contributed by atoms with E-state index in [1.165, 1.54) is 0 Å². The summed E-state index contributed by atoms with van der Waals surface area (Å²) in [6, 6.07) is 0. The summed E-state index contributed by atoms with van der Waals surface area (Å²) in [5, 5.41) is 8.67. The summed E-state index contributed by atoms with van der Waals surface area (Å²) in [7, 11) is 0. The van der Waals surface area contributed by atoms with Gasteiger partial charge in [0, 0.05) is 6.61 Å². The van der Waals surface area contributed by atoms with Crippen LogP contribution in [-0.2, 0) is 0 Å². The Balaban J connectivity index is -0.0000000117. The number of aliphatic hydroxyl groups excluding tert-OH is 1. The van der Waals surface area contributed by atoms with E-state index >= 15 is 0 Å². The zero-order valence-corrected chi connectivity index (χ0v) is 13.3. The first kappa shape index (κ1) is 66.0. The minimum atomic E-state index is 0. The van der Waals surface area contributed by atoms with Crippen LogP contribution in [0.2, 0.25) is 0 Å². The average Bonchev–Trinajstić information content (AvgIpc) is 1.62. The minimum absolute atomic E-state index is 0. The fourth-order valence-corrected chi connectivity index (χ4v) is 0.274. The zero-order chi connectivity index (χ0) is 6.78. The van der Waals surface area contributed by atoms with Crippen molar-refractivity contribution >= 4 is 0 Å². The molecule has 1 atom stereocenters. The van der Waals surface area contributed by atoms with Gasteiger partial charge in [0.1, 0.15) is 0 Å². The Bertz CT molecular complexity index is 67.4. The Morgan fingerprint density at radius 3 is 1.07 bits per heavy atom. The fourth-order valence-electron chi connectivity index (χ4n) is 0.274. The molecule has 0 aliphatic rings. The topological polar surface area (TPSA) is 20.2 Å². The third-order valence-corrected chi connectivity index (χ3v) is 1.75. The van der Waals surface area contributed by atoms with Crippen molar-refractivity contribution < 1.29 is 5.11 Å². The summed E-state index contributed by atoms with van der Waals surface area (Å²) in [5.41, 5.74) is 0.259. The van der Waals surface area contributed by atoms with Gasteiger partial charge < -0.3 is 5.11 Å². The average molecular weight is 479 g/mol. The van der Waals surface area contributed by atoms with Crippen molar-refractivity contribution in [2.24, 2.45) is 11.3 Å². The first-order chi connectivity index (χ1) is 3.48. The summed E-state index contributed by atoms with van der Waals surface area (Å²) in [6.45, 7) is 8.75. The smallest absolute Gasteiger partial charge is 0.0461 e. The molecule has 0 aromatic heterocycles. The standard InChI is InChI=1S/C7H16O.6CH4.Rf/c1-6(5-8)7(2,3)4;;;;;;;/h6,8H,5H2,1-4H3;6*1H4;. The minimum Gasteiger partial charge on any atom is -0.396 e. The molecule has 15 heavy (non-hydrogen) atoms. The number of hydrogen-bond donors (Lipinski definition) is 1. The molecule has 0 saturated heterocycles. The van der Waals surface area contributed by atoms with E-state index in [1.54, 1.807) is 0 Å². The third kappa shape index (κ3) is 32.1. The van der Waals surface area contributed by atoms with E-state index in [2.05, 4.69) is 27.7 Å². The van der Waals surface area contributed by atoms with Gasteiger partial charge in [0.2, 0.25) is 0 Å². The maximum Gasteiger partial charge on any atom is 0.0461 e. The van der Waals surface area contributed by atoms with Gasteiger partial charge in [-0.3, -0.25) is 0 Å². The van der Waals surface area contributed by atoms with Crippen molar-refractivity contribution in [3.05, 3.63) is 0 Å². The molecule has 0 amide bonds. The van der Waals surface area contributed by atoms with Gasteiger partial charge in [0.05, 0.1) is 0 Å². The first-order valence-corrected chi connectivity index (χ1v) is 3.09. The van der Waals surface area contributed by atoms with Crippen molar-refractivity contribution in [3.8, 4) is 0 Å². The van der Waals surface area contributed by atoms with Gasteiger partial charge in [0.15, 0.2) is 0 Å². The van der Waals surface area contributed by atoms with Crippen LogP contribution in [0.1, 0.15) is 72.3 Å². The molecular weight excluding hydrogens is 439 g/mol. The molecule has 2 heteroatoms. The quantitative estimate of drug-likeness (QED) is 0.528. The van der Waals surface area contributed by atoms with Crippen LogP contribution >= 0.6 is 0 Å². The molecule has 0 saturated carbocycles. The molecule has 0 rings (SSSR count). The molecule has 1 unspecified atom stereocenters. The van der Waals surface area contributed by atoms with Crippen LogP contribution in [0.5, 0.6) is 0 Å². The predicted molar refractivity (Wildman–Crippen MR) is 76.1 cm³/mol. The molecule has 0 spiro atoms. The monoisotopic (exact) mass is 479 g/mol. The number of rotatable bonds is 1. The van der Waals surface area contributed by atoms with Crippen molar-refractivity contribution in [2.45, 2.75) is 72.3 Å². The van der Waals surface area contributed by atoms with Gasteiger partial charge in [-0.1, -0.05) is 72.3 Å². The predicted octanol–water partition coefficient (Wildman–Crippen LogP) is 5.48. The number of aliphatic hydroxyl groups is 1. The second-order valence-corrected chi connectivity index (χ2v) is 3.45. The normalized spacial score (nSPS) is 8.60. The Labute approximate surface area is 95.9 Å². The van der Waals surface area contributed by atoms with E-state index in [0.717, 1.165) is 0 Å².